The van der Waals surface area contributed by atoms with Crippen LogP contribution in [0.2, 0.25) is 0 Å². The summed E-state index contributed by atoms with van der Waals surface area (Å²) in [6.07, 6.45) is -2.93. The number of hydrogen-bond acceptors (Lipinski definition) is 3. The van der Waals surface area contributed by atoms with Gasteiger partial charge in [-0.3, -0.25) is 9.63 Å². The third-order valence-corrected chi connectivity index (χ3v) is 1.89. The molecule has 0 saturated heterocycles. The number of carbonyl (C=O) groups is 1. The van der Waals surface area contributed by atoms with Crippen molar-refractivity contribution >= 4 is 5.91 Å². The van der Waals surface area contributed by atoms with E-state index in [9.17, 15) is 18.0 Å². The molecule has 4 nitrogen and oxygen atoms in total. The lowest BCUT2D eigenvalue weighted by atomic mass is 10.2. The van der Waals surface area contributed by atoms with Crippen LogP contribution >= 0.6 is 0 Å². The first kappa shape index (κ1) is 15.0. The van der Waals surface area contributed by atoms with Crippen molar-refractivity contribution in [3.05, 3.63) is 42.5 Å². The molecule has 0 aromatic heterocycles. The number of alkyl halides is 3. The second kappa shape index (κ2) is 6.79. The molecule has 1 aromatic carbocycles. The molecule has 1 N–H and O–H groups in total. The molecule has 0 spiro atoms. The van der Waals surface area contributed by atoms with Crippen LogP contribution in [0.5, 0.6) is 5.75 Å². The van der Waals surface area contributed by atoms with Gasteiger partial charge in [0.25, 0.3) is 5.91 Å². The normalized spacial score (nSPS) is 10.9. The topological polar surface area (TPSA) is 47.6 Å². The van der Waals surface area contributed by atoms with Crippen molar-refractivity contribution in [3.8, 4) is 5.75 Å². The summed E-state index contributed by atoms with van der Waals surface area (Å²) in [6.45, 7) is 2.25. The number of rotatable bonds is 6. The Morgan fingerprint density at radius 2 is 1.95 bits per heavy atom. The molecule has 0 aliphatic rings. The highest BCUT2D eigenvalue weighted by atomic mass is 19.4. The average Bonchev–Trinajstić information content (AvgIpc) is 2.35. The predicted molar refractivity (Wildman–Crippen MR) is 61.6 cm³/mol. The standard InChI is InChI=1S/C12H12F3NO3/c1-2-7-18-10-5-3-9(4-6-10)11(17)16-19-8-12(13,14)15/h2-6H,1,7-8H2,(H,16,17). The molecule has 0 unspecified atom stereocenters. The number of amides is 1. The Morgan fingerprint density at radius 1 is 1.32 bits per heavy atom. The van der Waals surface area contributed by atoms with Crippen molar-refractivity contribution in [1.82, 2.24) is 5.48 Å². The second-order valence-corrected chi connectivity index (χ2v) is 3.46. The van der Waals surface area contributed by atoms with Gasteiger partial charge in [0, 0.05) is 5.56 Å². The Bertz CT molecular complexity index is 429. The van der Waals surface area contributed by atoms with Crippen LogP contribution in [0.1, 0.15) is 10.4 Å². The lowest BCUT2D eigenvalue weighted by Gasteiger charge is -2.08. The molecule has 19 heavy (non-hydrogen) atoms. The maximum Gasteiger partial charge on any atom is 0.414 e. The van der Waals surface area contributed by atoms with E-state index in [0.717, 1.165) is 0 Å². The highest BCUT2D eigenvalue weighted by Gasteiger charge is 2.28. The van der Waals surface area contributed by atoms with Crippen molar-refractivity contribution in [2.75, 3.05) is 13.2 Å². The summed E-state index contributed by atoms with van der Waals surface area (Å²) in [6, 6.07) is 5.85. The first-order valence-electron chi connectivity index (χ1n) is 5.25. The van der Waals surface area contributed by atoms with E-state index < -0.39 is 18.7 Å². The Morgan fingerprint density at radius 3 is 2.47 bits per heavy atom. The van der Waals surface area contributed by atoms with Gasteiger partial charge in [0.2, 0.25) is 0 Å². The SMILES string of the molecule is C=CCOc1ccc(C(=O)NOCC(F)(F)F)cc1. The number of hydrogen-bond donors (Lipinski definition) is 1. The second-order valence-electron chi connectivity index (χ2n) is 3.46. The minimum atomic E-state index is -4.49. The highest BCUT2D eigenvalue weighted by Crippen LogP contribution is 2.14. The zero-order valence-corrected chi connectivity index (χ0v) is 9.87. The van der Waals surface area contributed by atoms with Gasteiger partial charge in [-0.25, -0.2) is 5.48 Å². The number of nitrogens with one attached hydrogen (secondary N) is 1. The monoisotopic (exact) mass is 275 g/mol. The summed E-state index contributed by atoms with van der Waals surface area (Å²) in [5, 5.41) is 0. The van der Waals surface area contributed by atoms with Gasteiger partial charge in [-0.15, -0.1) is 0 Å². The van der Waals surface area contributed by atoms with Gasteiger partial charge < -0.3 is 4.74 Å². The van der Waals surface area contributed by atoms with E-state index in [-0.39, 0.29) is 5.56 Å². The first-order chi connectivity index (χ1) is 8.92. The van der Waals surface area contributed by atoms with Gasteiger partial charge >= 0.3 is 6.18 Å². The van der Waals surface area contributed by atoms with Crippen LogP contribution in [0.25, 0.3) is 0 Å². The van der Waals surface area contributed by atoms with Gasteiger partial charge in [-0.2, -0.15) is 13.2 Å². The molecular weight excluding hydrogens is 263 g/mol. The number of hydroxylamine groups is 1. The molecular formula is C12H12F3NO3. The van der Waals surface area contributed by atoms with Crippen LogP contribution in [0.3, 0.4) is 0 Å². The molecule has 0 saturated carbocycles. The van der Waals surface area contributed by atoms with E-state index >= 15 is 0 Å². The third-order valence-electron chi connectivity index (χ3n) is 1.89. The molecule has 1 rings (SSSR count). The van der Waals surface area contributed by atoms with Crippen molar-refractivity contribution in [2.45, 2.75) is 6.18 Å². The van der Waals surface area contributed by atoms with Gasteiger partial charge in [0.1, 0.15) is 12.4 Å². The maximum absolute atomic E-state index is 11.8. The zero-order valence-electron chi connectivity index (χ0n) is 9.87. The maximum atomic E-state index is 11.8. The van der Waals surface area contributed by atoms with E-state index in [4.69, 9.17) is 4.74 Å². The molecule has 0 aliphatic heterocycles. The third kappa shape index (κ3) is 5.91. The van der Waals surface area contributed by atoms with E-state index in [0.29, 0.717) is 12.4 Å². The average molecular weight is 275 g/mol. The zero-order chi connectivity index (χ0) is 14.3. The molecule has 0 atom stereocenters. The first-order valence-corrected chi connectivity index (χ1v) is 5.25. The Labute approximate surface area is 107 Å². The molecule has 0 aliphatic carbocycles. The van der Waals surface area contributed by atoms with Crippen molar-refractivity contribution in [2.24, 2.45) is 0 Å². The van der Waals surface area contributed by atoms with Crippen LogP contribution in [-0.2, 0) is 4.84 Å². The van der Waals surface area contributed by atoms with Gasteiger partial charge in [0.15, 0.2) is 6.61 Å². The van der Waals surface area contributed by atoms with E-state index in [1.165, 1.54) is 24.3 Å². The van der Waals surface area contributed by atoms with Crippen LogP contribution < -0.4 is 10.2 Å². The highest BCUT2D eigenvalue weighted by molar-refractivity contribution is 5.93. The Kier molecular flexibility index (Phi) is 5.37. The molecule has 1 amide bonds. The molecule has 1 aromatic rings. The predicted octanol–water partition coefficient (Wildman–Crippen LogP) is 2.48. The van der Waals surface area contributed by atoms with Gasteiger partial charge in [-0.1, -0.05) is 12.7 Å². The molecule has 104 valence electrons. The van der Waals surface area contributed by atoms with E-state index in [1.807, 2.05) is 0 Å². The van der Waals surface area contributed by atoms with Crippen LogP contribution in [0, 0.1) is 0 Å². The fourth-order valence-electron chi connectivity index (χ4n) is 1.10. The van der Waals surface area contributed by atoms with E-state index in [2.05, 4.69) is 11.4 Å². The van der Waals surface area contributed by atoms with E-state index in [1.54, 1.807) is 11.6 Å². The van der Waals surface area contributed by atoms with Crippen molar-refractivity contribution < 1.29 is 27.5 Å². The smallest absolute Gasteiger partial charge is 0.414 e. The fraction of sp³-hybridized carbons (Fsp3) is 0.250. The summed E-state index contributed by atoms with van der Waals surface area (Å²) >= 11 is 0. The lowest BCUT2D eigenvalue weighted by Crippen LogP contribution is -2.29. The molecule has 7 heteroatoms. The van der Waals surface area contributed by atoms with Crippen molar-refractivity contribution in [1.29, 1.82) is 0 Å². The molecule has 0 radical (unpaired) electrons. The van der Waals surface area contributed by atoms with Gasteiger partial charge in [0.05, 0.1) is 0 Å². The summed E-state index contributed by atoms with van der Waals surface area (Å²) in [7, 11) is 0. The molecule has 0 fully saturated rings. The lowest BCUT2D eigenvalue weighted by molar-refractivity contribution is -0.184. The summed E-state index contributed by atoms with van der Waals surface area (Å²) in [5.41, 5.74) is 1.86. The van der Waals surface area contributed by atoms with Crippen LogP contribution in [0.15, 0.2) is 36.9 Å². The van der Waals surface area contributed by atoms with Crippen LogP contribution in [0.4, 0.5) is 13.2 Å². The number of carbonyl (C=O) groups excluding carboxylic acids is 1. The van der Waals surface area contributed by atoms with Crippen molar-refractivity contribution in [3.63, 3.8) is 0 Å². The summed E-state index contributed by atoms with van der Waals surface area (Å²) in [4.78, 5) is 15.4. The number of halogens is 3. The summed E-state index contributed by atoms with van der Waals surface area (Å²) < 4.78 is 40.5. The minimum absolute atomic E-state index is 0.160. The van der Waals surface area contributed by atoms with Gasteiger partial charge in [-0.05, 0) is 24.3 Å². The number of benzene rings is 1. The Balaban J connectivity index is 2.46. The molecule has 0 heterocycles. The number of ether oxygens (including phenoxy) is 1. The largest absolute Gasteiger partial charge is 0.490 e. The quantitative estimate of drug-likeness (QED) is 0.641. The fourth-order valence-corrected chi connectivity index (χ4v) is 1.10. The Hall–Kier alpha value is -2.02. The summed E-state index contributed by atoms with van der Waals surface area (Å²) in [5.74, 6) is -0.243. The van der Waals surface area contributed by atoms with Crippen LogP contribution in [-0.4, -0.2) is 25.3 Å². The molecule has 0 bridgehead atoms. The minimum Gasteiger partial charge on any atom is -0.490 e.